The average Bonchev–Trinajstić information content (AvgIpc) is 3.22. The van der Waals surface area contributed by atoms with Crippen LogP contribution in [0.3, 0.4) is 0 Å². The number of nitrogens with one attached hydrogen (secondary N) is 1. The third-order valence-corrected chi connectivity index (χ3v) is 6.14. The summed E-state index contributed by atoms with van der Waals surface area (Å²) in [4.78, 5) is 26.7. The van der Waals surface area contributed by atoms with Crippen LogP contribution in [-0.2, 0) is 9.53 Å². The number of carbonyl (C=O) groups excluding carboxylic acids is 2. The highest BCUT2D eigenvalue weighted by Gasteiger charge is 2.36. The molecule has 1 heterocycles. The van der Waals surface area contributed by atoms with Gasteiger partial charge in [0, 0.05) is 30.1 Å². The van der Waals surface area contributed by atoms with Crippen LogP contribution in [0.25, 0.3) is 0 Å². The molecule has 3 rings (SSSR count). The molecule has 1 saturated heterocycles. The quantitative estimate of drug-likeness (QED) is 0.584. The van der Waals surface area contributed by atoms with Gasteiger partial charge in [0.05, 0.1) is 18.7 Å². The monoisotopic (exact) mass is 458 g/mol. The molecule has 1 aliphatic heterocycles. The first-order chi connectivity index (χ1) is 15.2. The summed E-state index contributed by atoms with van der Waals surface area (Å²) in [6, 6.07) is 14.3. The van der Waals surface area contributed by atoms with Crippen LogP contribution in [0.2, 0.25) is 5.02 Å². The Balaban J connectivity index is 1.52. The van der Waals surface area contributed by atoms with Gasteiger partial charge in [0.25, 0.3) is 0 Å². The minimum Gasteiger partial charge on any atom is -0.489 e. The predicted molar refractivity (Wildman–Crippen MR) is 125 cm³/mol. The number of rotatable bonds is 8. The van der Waals surface area contributed by atoms with Crippen molar-refractivity contribution in [1.29, 1.82) is 0 Å². The highest BCUT2D eigenvalue weighted by Crippen LogP contribution is 2.28. The van der Waals surface area contributed by atoms with Crippen molar-refractivity contribution in [2.24, 2.45) is 0 Å². The van der Waals surface area contributed by atoms with Gasteiger partial charge in [-0.2, -0.15) is 0 Å². The summed E-state index contributed by atoms with van der Waals surface area (Å²) >= 11 is 6.05. The fraction of sp³-hybridized carbons (Fsp3) is 0.440. The Labute approximate surface area is 194 Å². The number of hydrogen-bond acceptors (Lipinski definition) is 5. The molecule has 0 aliphatic carbocycles. The zero-order valence-corrected chi connectivity index (χ0v) is 19.8. The van der Waals surface area contributed by atoms with Crippen molar-refractivity contribution < 1.29 is 19.1 Å². The number of halogens is 1. The summed E-state index contributed by atoms with van der Waals surface area (Å²) in [5.74, 6) is 0.379. The van der Waals surface area contributed by atoms with Crippen molar-refractivity contribution in [1.82, 2.24) is 10.2 Å². The summed E-state index contributed by atoms with van der Waals surface area (Å²) in [5, 5.41) is 3.72. The molecular formula is C25H31ClN2O4. The second kappa shape index (κ2) is 10.4. The Morgan fingerprint density at radius 2 is 1.94 bits per heavy atom. The molecule has 1 amide bonds. The number of nitrogens with zero attached hydrogens (tertiary/aromatic N) is 1. The maximum atomic E-state index is 12.8. The number of methoxy groups -OCH3 is 1. The van der Waals surface area contributed by atoms with E-state index in [0.29, 0.717) is 17.0 Å². The number of esters is 1. The number of amides is 1. The fourth-order valence-corrected chi connectivity index (χ4v) is 4.19. The smallest absolute Gasteiger partial charge is 0.337 e. The van der Waals surface area contributed by atoms with Gasteiger partial charge in [-0.05, 0) is 63.1 Å². The van der Waals surface area contributed by atoms with Gasteiger partial charge < -0.3 is 14.8 Å². The Kier molecular flexibility index (Phi) is 7.80. The lowest BCUT2D eigenvalue weighted by molar-refractivity contribution is -0.124. The van der Waals surface area contributed by atoms with E-state index in [2.05, 4.69) is 24.1 Å². The fourth-order valence-electron chi connectivity index (χ4n) is 4.01. The van der Waals surface area contributed by atoms with Gasteiger partial charge in [-0.3, -0.25) is 9.69 Å². The Hall–Kier alpha value is -2.57. The first-order valence-electron chi connectivity index (χ1n) is 10.8. The van der Waals surface area contributed by atoms with Gasteiger partial charge in [-0.25, -0.2) is 4.79 Å². The van der Waals surface area contributed by atoms with Gasteiger partial charge in [0.1, 0.15) is 11.9 Å². The molecule has 2 atom stereocenters. The van der Waals surface area contributed by atoms with Gasteiger partial charge in [-0.1, -0.05) is 29.8 Å². The zero-order chi connectivity index (χ0) is 23.3. The van der Waals surface area contributed by atoms with Crippen LogP contribution < -0.4 is 10.1 Å². The summed E-state index contributed by atoms with van der Waals surface area (Å²) in [6.45, 7) is 7.74. The van der Waals surface area contributed by atoms with Crippen LogP contribution in [0.5, 0.6) is 5.75 Å². The lowest BCUT2D eigenvalue weighted by Crippen LogP contribution is -2.46. The van der Waals surface area contributed by atoms with Crippen molar-refractivity contribution in [2.75, 3.05) is 20.2 Å². The molecule has 0 spiro atoms. The Morgan fingerprint density at radius 3 is 2.59 bits per heavy atom. The highest BCUT2D eigenvalue weighted by molar-refractivity contribution is 6.30. The van der Waals surface area contributed by atoms with Crippen LogP contribution in [0, 0.1) is 0 Å². The van der Waals surface area contributed by atoms with Gasteiger partial charge in [0.15, 0.2) is 0 Å². The predicted octanol–water partition coefficient (Wildman–Crippen LogP) is 4.63. The number of carbonyl (C=O) groups is 2. The van der Waals surface area contributed by atoms with E-state index in [1.807, 2.05) is 43.3 Å². The van der Waals surface area contributed by atoms with Crippen molar-refractivity contribution >= 4 is 23.5 Å². The molecule has 0 radical (unpaired) electrons. The number of hydrogen-bond donors (Lipinski definition) is 1. The summed E-state index contributed by atoms with van der Waals surface area (Å²) in [7, 11) is 1.35. The van der Waals surface area contributed by atoms with Crippen LogP contribution in [0.4, 0.5) is 0 Å². The molecule has 1 N–H and O–H groups in total. The van der Waals surface area contributed by atoms with Crippen LogP contribution in [-0.4, -0.2) is 48.6 Å². The average molecular weight is 459 g/mol. The van der Waals surface area contributed by atoms with Crippen molar-refractivity contribution in [3.63, 3.8) is 0 Å². The molecule has 172 valence electrons. The number of ether oxygens (including phenoxy) is 2. The SMILES string of the molecule is COC(=O)c1ccc([C@H](C)NC(=O)CC(C)(C)N2CC[C@@H](Oc3cccc(Cl)c3)C2)cc1. The Morgan fingerprint density at radius 1 is 1.22 bits per heavy atom. The molecule has 0 saturated carbocycles. The second-order valence-electron chi connectivity index (χ2n) is 8.82. The minimum absolute atomic E-state index is 0.0150. The molecule has 6 nitrogen and oxygen atoms in total. The second-order valence-corrected chi connectivity index (χ2v) is 9.26. The molecular weight excluding hydrogens is 428 g/mol. The van der Waals surface area contributed by atoms with Gasteiger partial charge in [0.2, 0.25) is 5.91 Å². The third-order valence-electron chi connectivity index (χ3n) is 5.90. The standard InChI is InChI=1S/C25H31ClN2O4/c1-17(18-8-10-19(11-9-18)24(30)31-4)27-23(29)15-25(2,3)28-13-12-22(16-28)32-21-7-5-6-20(26)14-21/h5-11,14,17,22H,12-13,15-16H2,1-4H3,(H,27,29)/t17-,22+/m0/s1. The lowest BCUT2D eigenvalue weighted by Gasteiger charge is -2.35. The molecule has 1 fully saturated rings. The lowest BCUT2D eigenvalue weighted by atomic mass is 9.97. The number of benzene rings is 2. The summed E-state index contributed by atoms with van der Waals surface area (Å²) < 4.78 is 10.8. The van der Waals surface area contributed by atoms with E-state index in [4.69, 9.17) is 21.1 Å². The van der Waals surface area contributed by atoms with Gasteiger partial charge >= 0.3 is 5.97 Å². The number of likely N-dealkylation sites (tertiary alicyclic amines) is 1. The van der Waals surface area contributed by atoms with E-state index in [9.17, 15) is 9.59 Å². The molecule has 7 heteroatoms. The van der Waals surface area contributed by atoms with Crippen LogP contribution in [0.1, 0.15) is 55.6 Å². The van der Waals surface area contributed by atoms with E-state index >= 15 is 0 Å². The van der Waals surface area contributed by atoms with Crippen LogP contribution in [0.15, 0.2) is 48.5 Å². The first-order valence-corrected chi connectivity index (χ1v) is 11.2. The summed E-state index contributed by atoms with van der Waals surface area (Å²) in [5.41, 5.74) is 1.12. The highest BCUT2D eigenvalue weighted by atomic mass is 35.5. The third kappa shape index (κ3) is 6.24. The largest absolute Gasteiger partial charge is 0.489 e. The minimum atomic E-state index is -0.377. The molecule has 2 aromatic rings. The molecule has 0 unspecified atom stereocenters. The molecule has 0 aromatic heterocycles. The topological polar surface area (TPSA) is 67.9 Å². The van der Waals surface area contributed by atoms with Crippen molar-refractivity contribution in [3.05, 3.63) is 64.7 Å². The molecule has 32 heavy (non-hydrogen) atoms. The maximum absolute atomic E-state index is 12.8. The van der Waals surface area contributed by atoms with E-state index in [0.717, 1.165) is 30.8 Å². The normalized spacial score (nSPS) is 17.6. The molecule has 0 bridgehead atoms. The van der Waals surface area contributed by atoms with E-state index < -0.39 is 0 Å². The summed E-state index contributed by atoms with van der Waals surface area (Å²) in [6.07, 6.45) is 1.35. The van der Waals surface area contributed by atoms with Crippen molar-refractivity contribution in [3.8, 4) is 5.75 Å². The van der Waals surface area contributed by atoms with Crippen molar-refractivity contribution in [2.45, 2.75) is 51.3 Å². The zero-order valence-electron chi connectivity index (χ0n) is 19.1. The molecule has 2 aromatic carbocycles. The maximum Gasteiger partial charge on any atom is 0.337 e. The van der Waals surface area contributed by atoms with E-state index in [1.165, 1.54) is 7.11 Å². The molecule has 1 aliphatic rings. The van der Waals surface area contributed by atoms with E-state index in [-0.39, 0.29) is 29.6 Å². The van der Waals surface area contributed by atoms with Crippen LogP contribution >= 0.6 is 11.6 Å². The van der Waals surface area contributed by atoms with Gasteiger partial charge in [-0.15, -0.1) is 0 Å². The Bertz CT molecular complexity index is 945. The first kappa shape index (κ1) is 24.1. The van der Waals surface area contributed by atoms with E-state index in [1.54, 1.807) is 12.1 Å².